The third kappa shape index (κ3) is 2.63. The quantitative estimate of drug-likeness (QED) is 0.702. The molecular weight excluding hydrogens is 180 g/mol. The van der Waals surface area contributed by atoms with Gasteiger partial charge in [-0.2, -0.15) is 13.5 Å². The van der Waals surface area contributed by atoms with Crippen LogP contribution >= 0.6 is 0 Å². The maximum Gasteiger partial charge on any atom is 0.264 e. The first-order valence-electron chi connectivity index (χ1n) is 3.36. The highest BCUT2D eigenvalue weighted by Gasteiger charge is 2.12. The highest BCUT2D eigenvalue weighted by atomic mass is 32.2. The Balaban J connectivity index is 2.68. The zero-order chi connectivity index (χ0) is 9.19. The van der Waals surface area contributed by atoms with Crippen LogP contribution in [-0.4, -0.2) is 24.9 Å². The summed E-state index contributed by atoms with van der Waals surface area (Å²) in [6.45, 7) is 1.64. The van der Waals surface area contributed by atoms with Gasteiger partial charge in [-0.25, -0.2) is 0 Å². The second kappa shape index (κ2) is 3.24. The minimum atomic E-state index is -3.39. The molecule has 1 unspecified atom stereocenters. The molecule has 0 spiro atoms. The fourth-order valence-electron chi connectivity index (χ4n) is 0.801. The van der Waals surface area contributed by atoms with E-state index >= 15 is 0 Å². The van der Waals surface area contributed by atoms with Gasteiger partial charge in [-0.05, 0) is 6.92 Å². The summed E-state index contributed by atoms with van der Waals surface area (Å²) < 4.78 is 26.1. The van der Waals surface area contributed by atoms with Crippen LogP contribution in [-0.2, 0) is 14.3 Å². The number of aromatic nitrogens is 2. The molecule has 0 aliphatic rings. The van der Waals surface area contributed by atoms with Crippen molar-refractivity contribution < 1.29 is 12.6 Å². The van der Waals surface area contributed by atoms with Gasteiger partial charge in [0.1, 0.15) is 6.10 Å². The molecule has 68 valence electrons. The molecule has 6 heteroatoms. The van der Waals surface area contributed by atoms with E-state index in [2.05, 4.69) is 10.2 Å². The first kappa shape index (κ1) is 9.21. The van der Waals surface area contributed by atoms with E-state index in [9.17, 15) is 8.42 Å². The van der Waals surface area contributed by atoms with E-state index in [1.807, 2.05) is 0 Å². The van der Waals surface area contributed by atoms with Crippen molar-refractivity contribution in [2.75, 3.05) is 6.26 Å². The van der Waals surface area contributed by atoms with Crippen molar-refractivity contribution in [3.05, 3.63) is 18.0 Å². The van der Waals surface area contributed by atoms with Gasteiger partial charge in [-0.3, -0.25) is 9.28 Å². The van der Waals surface area contributed by atoms with Crippen LogP contribution in [0.2, 0.25) is 0 Å². The van der Waals surface area contributed by atoms with Crippen LogP contribution in [0.3, 0.4) is 0 Å². The minimum absolute atomic E-state index is 0.487. The standard InChI is InChI=1S/C6H10N2O3S/c1-5(11-12(2,9)10)6-3-7-8-4-6/h3-5H,1-2H3,(H,7,8). The SMILES string of the molecule is CC(OS(C)(=O)=O)c1cn[nH]c1. The summed E-state index contributed by atoms with van der Waals surface area (Å²) in [7, 11) is -3.39. The van der Waals surface area contributed by atoms with Crippen LogP contribution < -0.4 is 0 Å². The van der Waals surface area contributed by atoms with Gasteiger partial charge < -0.3 is 0 Å². The molecule has 0 amide bonds. The normalized spacial score (nSPS) is 14.5. The molecule has 5 nitrogen and oxygen atoms in total. The van der Waals surface area contributed by atoms with Crippen molar-refractivity contribution in [3.63, 3.8) is 0 Å². The zero-order valence-electron chi connectivity index (χ0n) is 6.81. The predicted molar refractivity (Wildman–Crippen MR) is 42.9 cm³/mol. The summed E-state index contributed by atoms with van der Waals surface area (Å²) in [4.78, 5) is 0. The Kier molecular flexibility index (Phi) is 2.49. The molecule has 0 bridgehead atoms. The van der Waals surface area contributed by atoms with Crippen molar-refractivity contribution in [1.82, 2.24) is 10.2 Å². The Morgan fingerprint density at radius 3 is 2.75 bits per heavy atom. The van der Waals surface area contributed by atoms with Gasteiger partial charge >= 0.3 is 0 Å². The van der Waals surface area contributed by atoms with Crippen LogP contribution in [0.25, 0.3) is 0 Å². The molecule has 1 rings (SSSR count). The Bertz CT molecular complexity index is 330. The average Bonchev–Trinajstić information content (AvgIpc) is 2.32. The third-order valence-electron chi connectivity index (χ3n) is 1.31. The van der Waals surface area contributed by atoms with Crippen molar-refractivity contribution in [3.8, 4) is 0 Å². The van der Waals surface area contributed by atoms with Gasteiger partial charge in [-0.15, -0.1) is 0 Å². The lowest BCUT2D eigenvalue weighted by molar-refractivity contribution is 0.237. The lowest BCUT2D eigenvalue weighted by Crippen LogP contribution is -2.06. The van der Waals surface area contributed by atoms with Crippen LogP contribution in [0.4, 0.5) is 0 Å². The van der Waals surface area contributed by atoms with Gasteiger partial charge in [0.25, 0.3) is 10.1 Å². The molecule has 1 heterocycles. The topological polar surface area (TPSA) is 72.1 Å². The molecule has 0 radical (unpaired) electrons. The zero-order valence-corrected chi connectivity index (χ0v) is 7.63. The van der Waals surface area contributed by atoms with Gasteiger partial charge in [0.15, 0.2) is 0 Å². The molecule has 0 aliphatic carbocycles. The monoisotopic (exact) mass is 190 g/mol. The second-order valence-electron chi connectivity index (χ2n) is 2.47. The maximum absolute atomic E-state index is 10.7. The molecule has 0 fully saturated rings. The first-order chi connectivity index (χ1) is 5.49. The van der Waals surface area contributed by atoms with Crippen molar-refractivity contribution in [2.24, 2.45) is 0 Å². The average molecular weight is 190 g/mol. The van der Waals surface area contributed by atoms with E-state index in [4.69, 9.17) is 4.18 Å². The summed E-state index contributed by atoms with van der Waals surface area (Å²) in [6.07, 6.45) is 3.65. The van der Waals surface area contributed by atoms with E-state index in [0.29, 0.717) is 5.56 Å². The number of hydrogen-bond acceptors (Lipinski definition) is 4. The number of aromatic amines is 1. The first-order valence-corrected chi connectivity index (χ1v) is 5.17. The van der Waals surface area contributed by atoms with Gasteiger partial charge in [0, 0.05) is 11.8 Å². The molecular formula is C6H10N2O3S. The highest BCUT2D eigenvalue weighted by molar-refractivity contribution is 7.86. The molecule has 1 atom stereocenters. The smallest absolute Gasteiger partial charge is 0.264 e. The molecule has 0 saturated carbocycles. The van der Waals surface area contributed by atoms with E-state index in [1.165, 1.54) is 6.20 Å². The van der Waals surface area contributed by atoms with Gasteiger partial charge in [-0.1, -0.05) is 0 Å². The second-order valence-corrected chi connectivity index (χ2v) is 4.07. The third-order valence-corrected chi connectivity index (χ3v) is 1.95. The molecule has 0 aliphatic heterocycles. The molecule has 12 heavy (non-hydrogen) atoms. The highest BCUT2D eigenvalue weighted by Crippen LogP contribution is 2.16. The number of nitrogens with one attached hydrogen (secondary N) is 1. The maximum atomic E-state index is 10.7. The lowest BCUT2D eigenvalue weighted by atomic mass is 10.2. The lowest BCUT2D eigenvalue weighted by Gasteiger charge is -2.07. The van der Waals surface area contributed by atoms with E-state index in [1.54, 1.807) is 13.1 Å². The summed E-state index contributed by atoms with van der Waals surface area (Å²) >= 11 is 0. The summed E-state index contributed by atoms with van der Waals surface area (Å²) in [5.74, 6) is 0. The number of rotatable bonds is 3. The van der Waals surface area contributed by atoms with Gasteiger partial charge in [0.05, 0.1) is 12.5 Å². The summed E-state index contributed by atoms with van der Waals surface area (Å²) in [6, 6.07) is 0. The Morgan fingerprint density at radius 2 is 2.33 bits per heavy atom. The van der Waals surface area contributed by atoms with E-state index in [-0.39, 0.29) is 0 Å². The van der Waals surface area contributed by atoms with Crippen LogP contribution in [0.15, 0.2) is 12.4 Å². The fourth-order valence-corrected chi connectivity index (χ4v) is 1.44. The number of H-pyrrole nitrogens is 1. The van der Waals surface area contributed by atoms with Crippen LogP contribution in [0.1, 0.15) is 18.6 Å². The van der Waals surface area contributed by atoms with Gasteiger partial charge in [0.2, 0.25) is 0 Å². The molecule has 0 aromatic carbocycles. The Morgan fingerprint density at radius 1 is 1.67 bits per heavy atom. The minimum Gasteiger partial charge on any atom is -0.285 e. The molecule has 1 aromatic rings. The summed E-state index contributed by atoms with van der Waals surface area (Å²) in [5.41, 5.74) is 0.709. The molecule has 1 N–H and O–H groups in total. The van der Waals surface area contributed by atoms with E-state index < -0.39 is 16.2 Å². The predicted octanol–water partition coefficient (Wildman–Crippen LogP) is 0.447. The molecule has 1 aromatic heterocycles. The molecule has 0 saturated heterocycles. The van der Waals surface area contributed by atoms with Crippen molar-refractivity contribution >= 4 is 10.1 Å². The number of nitrogens with zero attached hydrogens (tertiary/aromatic N) is 1. The van der Waals surface area contributed by atoms with Crippen LogP contribution in [0.5, 0.6) is 0 Å². The van der Waals surface area contributed by atoms with Crippen LogP contribution in [0, 0.1) is 0 Å². The van der Waals surface area contributed by atoms with Crippen molar-refractivity contribution in [1.29, 1.82) is 0 Å². The van der Waals surface area contributed by atoms with E-state index in [0.717, 1.165) is 6.26 Å². The van der Waals surface area contributed by atoms with Crippen molar-refractivity contribution in [2.45, 2.75) is 13.0 Å². The summed E-state index contributed by atoms with van der Waals surface area (Å²) in [5, 5.41) is 6.25. The number of hydrogen-bond donors (Lipinski definition) is 1. The Labute approximate surface area is 70.9 Å². The largest absolute Gasteiger partial charge is 0.285 e. The Hall–Kier alpha value is -0.880. The fraction of sp³-hybridized carbons (Fsp3) is 0.500.